The van der Waals surface area contributed by atoms with Crippen LogP contribution in [-0.4, -0.2) is 24.9 Å². The van der Waals surface area contributed by atoms with E-state index in [1.807, 2.05) is 0 Å². The van der Waals surface area contributed by atoms with Crippen molar-refractivity contribution in [1.29, 1.82) is 0 Å². The van der Waals surface area contributed by atoms with E-state index in [2.05, 4.69) is 4.99 Å². The van der Waals surface area contributed by atoms with Crippen LogP contribution in [0.4, 0.5) is 8.78 Å². The van der Waals surface area contributed by atoms with E-state index in [0.717, 1.165) is 18.2 Å². The number of ether oxygens (including phenoxy) is 3. The van der Waals surface area contributed by atoms with E-state index in [0.29, 0.717) is 16.9 Å². The van der Waals surface area contributed by atoms with Crippen molar-refractivity contribution in [3.63, 3.8) is 0 Å². The molecule has 160 valence electrons. The van der Waals surface area contributed by atoms with E-state index >= 15 is 0 Å². The van der Waals surface area contributed by atoms with Crippen LogP contribution in [0.3, 0.4) is 0 Å². The molecule has 32 heavy (non-hydrogen) atoms. The van der Waals surface area contributed by atoms with Gasteiger partial charge in [-0.15, -0.1) is 0 Å². The third-order valence-corrected chi connectivity index (χ3v) is 4.52. The van der Waals surface area contributed by atoms with Crippen molar-refractivity contribution >= 4 is 23.9 Å². The highest BCUT2D eigenvalue weighted by Gasteiger charge is 2.26. The van der Waals surface area contributed by atoms with Crippen molar-refractivity contribution in [3.8, 4) is 11.5 Å². The summed E-state index contributed by atoms with van der Waals surface area (Å²) < 4.78 is 43.0. The van der Waals surface area contributed by atoms with Gasteiger partial charge in [0.15, 0.2) is 5.70 Å². The maximum atomic E-state index is 13.7. The Morgan fingerprint density at radius 3 is 2.34 bits per heavy atom. The van der Waals surface area contributed by atoms with Gasteiger partial charge in [0.1, 0.15) is 28.7 Å². The molecule has 3 aromatic carbocycles. The molecule has 0 aliphatic carbocycles. The third-order valence-electron chi connectivity index (χ3n) is 4.52. The summed E-state index contributed by atoms with van der Waals surface area (Å²) in [5.41, 5.74) is 0.405. The Morgan fingerprint density at radius 1 is 0.969 bits per heavy atom. The monoisotopic (exact) mass is 435 g/mol. The van der Waals surface area contributed by atoms with Crippen LogP contribution in [0.25, 0.3) is 6.08 Å². The van der Waals surface area contributed by atoms with Crippen molar-refractivity contribution in [3.05, 3.63) is 101 Å². The van der Waals surface area contributed by atoms with E-state index in [-0.39, 0.29) is 17.3 Å². The summed E-state index contributed by atoms with van der Waals surface area (Å²) in [4.78, 5) is 28.5. The van der Waals surface area contributed by atoms with Crippen molar-refractivity contribution in [2.24, 2.45) is 4.99 Å². The number of halogens is 2. The quantitative estimate of drug-likeness (QED) is 0.334. The van der Waals surface area contributed by atoms with Gasteiger partial charge in [0.05, 0.1) is 12.7 Å². The Balaban J connectivity index is 1.52. The molecule has 0 fully saturated rings. The molecule has 0 atom stereocenters. The van der Waals surface area contributed by atoms with Crippen molar-refractivity contribution in [2.75, 3.05) is 7.11 Å². The van der Waals surface area contributed by atoms with Crippen LogP contribution in [-0.2, 0) is 9.53 Å². The first-order valence-corrected chi connectivity index (χ1v) is 9.38. The van der Waals surface area contributed by atoms with Gasteiger partial charge in [0, 0.05) is 0 Å². The Kier molecular flexibility index (Phi) is 5.76. The van der Waals surface area contributed by atoms with E-state index < -0.39 is 29.1 Å². The zero-order valence-corrected chi connectivity index (χ0v) is 16.7. The van der Waals surface area contributed by atoms with Crippen LogP contribution in [0.2, 0.25) is 0 Å². The van der Waals surface area contributed by atoms with Gasteiger partial charge in [-0.2, -0.15) is 0 Å². The van der Waals surface area contributed by atoms with Gasteiger partial charge in [-0.1, -0.05) is 30.3 Å². The second-order valence-corrected chi connectivity index (χ2v) is 6.59. The fraction of sp³-hybridized carbons (Fsp3) is 0.0417. The molecule has 8 heteroatoms. The average Bonchev–Trinajstić information content (AvgIpc) is 3.15. The number of carbonyl (C=O) groups excluding carboxylic acids is 2. The van der Waals surface area contributed by atoms with Crippen molar-refractivity contribution in [1.82, 2.24) is 0 Å². The summed E-state index contributed by atoms with van der Waals surface area (Å²) >= 11 is 0. The SMILES string of the molecule is COc1ccccc1C1=N/C(=C/c2ccc(OC(=O)c3c(F)cccc3F)cc2)C(=O)O1. The Bertz CT molecular complexity index is 1250. The zero-order valence-electron chi connectivity index (χ0n) is 16.7. The number of cyclic esters (lactones) is 1. The first-order valence-electron chi connectivity index (χ1n) is 9.38. The molecule has 0 amide bonds. The first kappa shape index (κ1) is 20.9. The summed E-state index contributed by atoms with van der Waals surface area (Å²) in [7, 11) is 1.50. The average molecular weight is 435 g/mol. The normalized spacial score (nSPS) is 14.2. The van der Waals surface area contributed by atoms with E-state index in [1.54, 1.807) is 36.4 Å². The van der Waals surface area contributed by atoms with Gasteiger partial charge < -0.3 is 14.2 Å². The highest BCUT2D eigenvalue weighted by Crippen LogP contribution is 2.25. The molecule has 0 saturated carbocycles. The fourth-order valence-electron chi connectivity index (χ4n) is 2.99. The molecule has 0 bridgehead atoms. The Hall–Kier alpha value is -4.33. The zero-order chi connectivity index (χ0) is 22.7. The molecule has 0 N–H and O–H groups in total. The summed E-state index contributed by atoms with van der Waals surface area (Å²) in [6.07, 6.45) is 1.49. The van der Waals surface area contributed by atoms with E-state index in [4.69, 9.17) is 14.2 Å². The molecule has 0 aromatic heterocycles. The summed E-state index contributed by atoms with van der Waals surface area (Å²) in [5, 5.41) is 0. The number of aliphatic imine (C=N–C) groups is 1. The maximum absolute atomic E-state index is 13.7. The van der Waals surface area contributed by atoms with E-state index in [1.165, 1.54) is 25.3 Å². The molecule has 0 radical (unpaired) electrons. The number of hydrogen-bond donors (Lipinski definition) is 0. The molecule has 4 rings (SSSR count). The third kappa shape index (κ3) is 4.24. The van der Waals surface area contributed by atoms with Gasteiger partial charge in [-0.05, 0) is 48.0 Å². The van der Waals surface area contributed by atoms with Crippen LogP contribution in [0.5, 0.6) is 11.5 Å². The number of hydrogen-bond acceptors (Lipinski definition) is 6. The Labute approximate surface area is 181 Å². The highest BCUT2D eigenvalue weighted by molar-refractivity contribution is 6.13. The first-order chi connectivity index (χ1) is 15.5. The van der Waals surface area contributed by atoms with E-state index in [9.17, 15) is 18.4 Å². The standard InChI is InChI=1S/C24H15F2NO5/c1-30-20-8-3-2-5-16(20)22-27-19(23(28)32-22)13-14-9-11-15(12-10-14)31-24(29)21-17(25)6-4-7-18(21)26/h2-13H,1H3/b19-13+. The molecule has 1 heterocycles. The van der Waals surface area contributed by atoms with Gasteiger partial charge in [-0.3, -0.25) is 0 Å². The topological polar surface area (TPSA) is 74.2 Å². The predicted octanol–water partition coefficient (Wildman–Crippen LogP) is 4.54. The number of benzene rings is 3. The second-order valence-electron chi connectivity index (χ2n) is 6.59. The molecule has 6 nitrogen and oxygen atoms in total. The number of methoxy groups -OCH3 is 1. The number of nitrogens with zero attached hydrogens (tertiary/aromatic N) is 1. The van der Waals surface area contributed by atoms with Crippen LogP contribution < -0.4 is 9.47 Å². The van der Waals surface area contributed by atoms with Crippen molar-refractivity contribution in [2.45, 2.75) is 0 Å². The predicted molar refractivity (Wildman–Crippen MR) is 111 cm³/mol. The van der Waals surface area contributed by atoms with Crippen LogP contribution in [0.15, 0.2) is 77.4 Å². The minimum absolute atomic E-state index is 0.0732. The molecular weight excluding hydrogens is 420 g/mol. The minimum Gasteiger partial charge on any atom is -0.496 e. The van der Waals surface area contributed by atoms with Crippen LogP contribution in [0, 0.1) is 11.6 Å². The van der Waals surface area contributed by atoms with Crippen LogP contribution in [0.1, 0.15) is 21.5 Å². The molecule has 0 saturated heterocycles. The summed E-state index contributed by atoms with van der Waals surface area (Å²) in [5.74, 6) is -3.10. The molecule has 0 unspecified atom stereocenters. The van der Waals surface area contributed by atoms with Gasteiger partial charge >= 0.3 is 11.9 Å². The molecule has 3 aromatic rings. The lowest BCUT2D eigenvalue weighted by molar-refractivity contribution is -0.129. The Morgan fingerprint density at radius 2 is 1.66 bits per heavy atom. The molecule has 1 aliphatic rings. The molecule has 1 aliphatic heterocycles. The number of esters is 2. The highest BCUT2D eigenvalue weighted by atomic mass is 19.1. The fourth-order valence-corrected chi connectivity index (χ4v) is 2.99. The minimum atomic E-state index is -1.16. The molecular formula is C24H15F2NO5. The largest absolute Gasteiger partial charge is 0.496 e. The van der Waals surface area contributed by atoms with Gasteiger partial charge in [0.2, 0.25) is 5.90 Å². The van der Waals surface area contributed by atoms with Gasteiger partial charge in [0.25, 0.3) is 0 Å². The summed E-state index contributed by atoms with van der Waals surface area (Å²) in [6.45, 7) is 0. The lowest BCUT2D eigenvalue weighted by Crippen LogP contribution is -2.13. The lowest BCUT2D eigenvalue weighted by atomic mass is 10.2. The number of para-hydroxylation sites is 1. The van der Waals surface area contributed by atoms with Gasteiger partial charge in [-0.25, -0.2) is 23.4 Å². The molecule has 0 spiro atoms. The smallest absolute Gasteiger partial charge is 0.363 e. The summed E-state index contributed by atoms with van der Waals surface area (Å²) in [6, 6.07) is 16.0. The lowest BCUT2D eigenvalue weighted by Gasteiger charge is -2.06. The van der Waals surface area contributed by atoms with Crippen LogP contribution >= 0.6 is 0 Å². The maximum Gasteiger partial charge on any atom is 0.363 e. The van der Waals surface area contributed by atoms with Crippen molar-refractivity contribution < 1.29 is 32.6 Å². The second kappa shape index (κ2) is 8.81. The number of rotatable bonds is 5. The number of carbonyl (C=O) groups is 2.